The lowest BCUT2D eigenvalue weighted by Gasteiger charge is -2.40. The smallest absolute Gasteiger partial charge is 0.411 e. The van der Waals surface area contributed by atoms with E-state index in [0.29, 0.717) is 0 Å². The quantitative estimate of drug-likeness (QED) is 0.395. The maximum Gasteiger partial charge on any atom is 0.467 e. The molecule has 2 nitrogen and oxygen atoms in total. The van der Waals surface area contributed by atoms with Crippen LogP contribution >= 0.6 is 0 Å². The molecule has 0 spiro atoms. The molecule has 0 fully saturated rings. The number of hydrogen-bond donors (Lipinski definition) is 0. The second kappa shape index (κ2) is 5.68. The molecule has 0 rings (SSSR count). The Labute approximate surface area is 122 Å². The molecular weight excluding hydrogens is 387 g/mol. The minimum atomic E-state index is -8.00. The third kappa shape index (κ3) is 2.99. The third-order valence-electron chi connectivity index (χ3n) is 2.32. The Morgan fingerprint density at radius 1 is 0.667 bits per heavy atom. The van der Waals surface area contributed by atoms with Crippen LogP contribution in [0.3, 0.4) is 0 Å². The highest BCUT2D eigenvalue weighted by molar-refractivity contribution is 5.81. The minimum Gasteiger partial charge on any atom is -0.411 e. The van der Waals surface area contributed by atoms with Crippen LogP contribution in [0.5, 0.6) is 0 Å². The summed E-state index contributed by atoms with van der Waals surface area (Å²) in [7, 11) is 0. The van der Waals surface area contributed by atoms with E-state index in [1.165, 1.54) is 0 Å². The van der Waals surface area contributed by atoms with Gasteiger partial charge in [0.05, 0.1) is 0 Å². The van der Waals surface area contributed by atoms with Crippen LogP contribution < -0.4 is 0 Å². The number of ether oxygens (including phenoxy) is 1. The van der Waals surface area contributed by atoms with Crippen molar-refractivity contribution >= 4 is 5.97 Å². The zero-order valence-electron chi connectivity index (χ0n) is 10.5. The lowest BCUT2D eigenvalue weighted by atomic mass is 9.96. The highest BCUT2D eigenvalue weighted by Gasteiger charge is 2.92. The second-order valence-corrected chi connectivity index (χ2v) is 3.94. The van der Waals surface area contributed by atoms with Gasteiger partial charge >= 0.3 is 41.9 Å². The van der Waals surface area contributed by atoms with E-state index in [4.69, 9.17) is 0 Å². The van der Waals surface area contributed by atoms with Crippen molar-refractivity contribution in [2.24, 2.45) is 0 Å². The van der Waals surface area contributed by atoms with Gasteiger partial charge in [-0.25, -0.2) is 4.79 Å². The molecule has 0 heterocycles. The van der Waals surface area contributed by atoms with Gasteiger partial charge in [0.1, 0.15) is 0 Å². The Morgan fingerprint density at radius 2 is 1.04 bits per heavy atom. The van der Waals surface area contributed by atoms with Crippen molar-refractivity contribution in [2.75, 3.05) is 0 Å². The van der Waals surface area contributed by atoms with E-state index in [0.717, 1.165) is 0 Å². The summed E-state index contributed by atoms with van der Waals surface area (Å²) in [6.07, 6.45) is -15.3. The zero-order valence-corrected chi connectivity index (χ0v) is 10.5. The van der Waals surface area contributed by atoms with E-state index in [2.05, 4.69) is 11.3 Å². The number of hydrogen-bond acceptors (Lipinski definition) is 2. The largest absolute Gasteiger partial charge is 0.467 e. The number of rotatable bonds is 5. The van der Waals surface area contributed by atoms with Crippen LogP contribution in [0, 0.1) is 0 Å². The van der Waals surface area contributed by atoms with Crippen molar-refractivity contribution in [2.45, 2.75) is 36.0 Å². The van der Waals surface area contributed by atoms with Crippen LogP contribution in [-0.4, -0.2) is 41.9 Å². The topological polar surface area (TPSA) is 26.3 Å². The molecule has 0 N–H and O–H groups in total. The first-order valence-electron chi connectivity index (χ1n) is 5.02. The molecule has 0 aliphatic heterocycles. The van der Waals surface area contributed by atoms with Gasteiger partial charge in [0, 0.05) is 6.08 Å². The molecule has 0 saturated heterocycles. The van der Waals surface area contributed by atoms with Crippen LogP contribution in [0.1, 0.15) is 0 Å². The van der Waals surface area contributed by atoms with Crippen molar-refractivity contribution in [3.63, 3.8) is 0 Å². The Morgan fingerprint density at radius 3 is 1.29 bits per heavy atom. The Hall–Kier alpha value is -1.70. The fraction of sp³-hybridized carbons (Fsp3) is 0.667. The van der Waals surface area contributed by atoms with E-state index in [1.54, 1.807) is 0 Å². The normalized spacial score (nSPS) is 17.2. The van der Waals surface area contributed by atoms with Crippen LogP contribution in [0.2, 0.25) is 0 Å². The predicted molar refractivity (Wildman–Crippen MR) is 47.1 cm³/mol. The number of carbonyl (C=O) groups is 1. The van der Waals surface area contributed by atoms with E-state index in [1.807, 2.05) is 0 Å². The van der Waals surface area contributed by atoms with Gasteiger partial charge in [0.25, 0.3) is 0 Å². The Bertz CT molecular complexity index is 503. The first kappa shape index (κ1) is 22.3. The standard InChI is InChI=1S/C9H3F13O2/c1-2-3(23)24-7(16,9(20,21)22)5(12,13)4(10,11)6(14,15)8(17,18)19/h2H,1H2. The molecule has 1 unspecified atom stereocenters. The minimum absolute atomic E-state index is 0.462. The fourth-order valence-corrected chi connectivity index (χ4v) is 1.06. The maximum atomic E-state index is 13.4. The zero-order chi connectivity index (χ0) is 20.0. The fourth-order valence-electron chi connectivity index (χ4n) is 1.06. The van der Waals surface area contributed by atoms with Crippen LogP contribution in [0.4, 0.5) is 57.1 Å². The monoisotopic (exact) mass is 390 g/mol. The molecule has 142 valence electrons. The summed E-state index contributed by atoms with van der Waals surface area (Å²) >= 11 is 0. The highest BCUT2D eigenvalue weighted by atomic mass is 19.4. The van der Waals surface area contributed by atoms with Gasteiger partial charge in [-0.15, -0.1) is 0 Å². The molecular formula is C9H3F13O2. The van der Waals surface area contributed by atoms with Gasteiger partial charge in [-0.05, 0) is 0 Å². The SMILES string of the molecule is C=CC(=O)OC(F)(C(F)(F)F)C(F)(F)C(F)(F)C(F)(F)C(F)(F)F. The van der Waals surface area contributed by atoms with Crippen molar-refractivity contribution in [1.82, 2.24) is 0 Å². The molecule has 0 aromatic heterocycles. The second-order valence-electron chi connectivity index (χ2n) is 3.94. The first-order valence-corrected chi connectivity index (χ1v) is 5.02. The summed E-state index contributed by atoms with van der Waals surface area (Å²) in [6.45, 7) is 2.29. The molecule has 0 saturated carbocycles. The van der Waals surface area contributed by atoms with Crippen molar-refractivity contribution in [1.29, 1.82) is 0 Å². The van der Waals surface area contributed by atoms with Gasteiger partial charge in [0.2, 0.25) is 0 Å². The van der Waals surface area contributed by atoms with Gasteiger partial charge < -0.3 is 4.74 Å². The molecule has 0 aromatic rings. The van der Waals surface area contributed by atoms with Gasteiger partial charge in [0.15, 0.2) is 0 Å². The number of halogens is 13. The van der Waals surface area contributed by atoms with Crippen LogP contribution in [0.25, 0.3) is 0 Å². The average Bonchev–Trinajstić information content (AvgIpc) is 2.34. The maximum absolute atomic E-state index is 13.4. The van der Waals surface area contributed by atoms with Crippen molar-refractivity contribution in [3.05, 3.63) is 12.7 Å². The van der Waals surface area contributed by atoms with Gasteiger partial charge in [-0.2, -0.15) is 57.1 Å². The van der Waals surface area contributed by atoms with Crippen LogP contribution in [0.15, 0.2) is 12.7 Å². The molecule has 0 aliphatic carbocycles. The van der Waals surface area contributed by atoms with Crippen molar-refractivity contribution < 1.29 is 66.6 Å². The summed E-state index contributed by atoms with van der Waals surface area (Å²) in [4.78, 5) is 10.4. The molecule has 0 aliphatic rings. The highest BCUT2D eigenvalue weighted by Crippen LogP contribution is 2.60. The van der Waals surface area contributed by atoms with Gasteiger partial charge in [-0.1, -0.05) is 6.58 Å². The molecule has 0 radical (unpaired) electrons. The molecule has 0 aromatic carbocycles. The molecule has 1 atom stereocenters. The lowest BCUT2D eigenvalue weighted by molar-refractivity contribution is -0.464. The van der Waals surface area contributed by atoms with E-state index < -0.39 is 48.0 Å². The molecule has 15 heteroatoms. The summed E-state index contributed by atoms with van der Waals surface area (Å²) in [5, 5.41) is 0. The molecule has 24 heavy (non-hydrogen) atoms. The number of alkyl halides is 13. The van der Waals surface area contributed by atoms with Gasteiger partial charge in [-0.3, -0.25) is 0 Å². The first-order chi connectivity index (χ1) is 10.2. The third-order valence-corrected chi connectivity index (χ3v) is 2.32. The average molecular weight is 390 g/mol. The van der Waals surface area contributed by atoms with E-state index in [-0.39, 0.29) is 0 Å². The summed E-state index contributed by atoms with van der Waals surface area (Å²) < 4.78 is 165. The molecule has 0 amide bonds. The Balaban J connectivity index is 6.49. The van der Waals surface area contributed by atoms with Crippen LogP contribution in [-0.2, 0) is 9.53 Å². The number of esters is 1. The lowest BCUT2D eigenvalue weighted by Crippen LogP contribution is -2.71. The Kier molecular flexibility index (Phi) is 5.28. The number of carbonyl (C=O) groups excluding carboxylic acids is 1. The summed E-state index contributed by atoms with van der Waals surface area (Å²) in [6, 6.07) is 0. The molecule has 0 bridgehead atoms. The van der Waals surface area contributed by atoms with E-state index >= 15 is 0 Å². The van der Waals surface area contributed by atoms with Crippen molar-refractivity contribution in [3.8, 4) is 0 Å². The summed E-state index contributed by atoms with van der Waals surface area (Å²) in [5.41, 5.74) is 0. The van der Waals surface area contributed by atoms with E-state index in [9.17, 15) is 61.9 Å². The predicted octanol–water partition coefficient (Wildman–Crippen LogP) is 4.41. The summed E-state index contributed by atoms with van der Waals surface area (Å²) in [5.74, 6) is -33.7.